The van der Waals surface area contributed by atoms with E-state index in [2.05, 4.69) is 5.32 Å². The molecule has 0 aliphatic heterocycles. The molecule has 0 atom stereocenters. The molecule has 0 spiro atoms. The Morgan fingerprint density at radius 3 is 2.50 bits per heavy atom. The predicted molar refractivity (Wildman–Crippen MR) is 73.0 cm³/mol. The third-order valence-electron chi connectivity index (χ3n) is 2.73. The first-order valence-corrected chi connectivity index (χ1v) is 6.23. The SMILES string of the molecule is CCOc1cccc(CNc2cc(F)cc(F)c2)c1O. The molecule has 5 heteroatoms. The number of nitrogens with one attached hydrogen (secondary N) is 1. The van der Waals surface area contributed by atoms with E-state index in [0.717, 1.165) is 6.07 Å². The van der Waals surface area contributed by atoms with Crippen molar-refractivity contribution in [2.45, 2.75) is 13.5 Å². The first-order chi connectivity index (χ1) is 9.60. The van der Waals surface area contributed by atoms with Crippen LogP contribution in [0.1, 0.15) is 12.5 Å². The third kappa shape index (κ3) is 3.38. The maximum Gasteiger partial charge on any atom is 0.162 e. The minimum Gasteiger partial charge on any atom is -0.504 e. The smallest absolute Gasteiger partial charge is 0.162 e. The Balaban J connectivity index is 2.12. The number of para-hydroxylation sites is 1. The number of phenolic OH excluding ortho intramolecular Hbond substituents is 1. The van der Waals surface area contributed by atoms with Crippen molar-refractivity contribution in [1.82, 2.24) is 0 Å². The molecule has 0 heterocycles. The van der Waals surface area contributed by atoms with Crippen molar-refractivity contribution < 1.29 is 18.6 Å². The summed E-state index contributed by atoms with van der Waals surface area (Å²) in [4.78, 5) is 0. The van der Waals surface area contributed by atoms with Gasteiger partial charge in [0, 0.05) is 23.9 Å². The summed E-state index contributed by atoms with van der Waals surface area (Å²) in [5.74, 6) is -0.893. The van der Waals surface area contributed by atoms with E-state index in [4.69, 9.17) is 4.74 Å². The number of hydrogen-bond donors (Lipinski definition) is 2. The van der Waals surface area contributed by atoms with Gasteiger partial charge in [0.2, 0.25) is 0 Å². The number of anilines is 1. The van der Waals surface area contributed by atoms with Crippen LogP contribution in [0.15, 0.2) is 36.4 Å². The summed E-state index contributed by atoms with van der Waals surface area (Å²) >= 11 is 0. The van der Waals surface area contributed by atoms with Crippen LogP contribution in [0.5, 0.6) is 11.5 Å². The maximum absolute atomic E-state index is 13.0. The average molecular weight is 279 g/mol. The van der Waals surface area contributed by atoms with Crippen LogP contribution in [0.2, 0.25) is 0 Å². The van der Waals surface area contributed by atoms with Crippen molar-refractivity contribution in [2.75, 3.05) is 11.9 Å². The normalized spacial score (nSPS) is 10.3. The molecule has 0 aromatic heterocycles. The van der Waals surface area contributed by atoms with Gasteiger partial charge in [0.15, 0.2) is 11.5 Å². The van der Waals surface area contributed by atoms with Crippen LogP contribution in [-0.2, 0) is 6.54 Å². The van der Waals surface area contributed by atoms with Gasteiger partial charge in [-0.1, -0.05) is 12.1 Å². The highest BCUT2D eigenvalue weighted by atomic mass is 19.1. The van der Waals surface area contributed by atoms with Crippen LogP contribution in [-0.4, -0.2) is 11.7 Å². The zero-order valence-electron chi connectivity index (χ0n) is 11.0. The fourth-order valence-electron chi connectivity index (χ4n) is 1.84. The number of ether oxygens (including phenoxy) is 1. The van der Waals surface area contributed by atoms with E-state index in [0.29, 0.717) is 23.6 Å². The minimum atomic E-state index is -0.653. The Hall–Kier alpha value is -2.30. The van der Waals surface area contributed by atoms with Crippen LogP contribution in [0.4, 0.5) is 14.5 Å². The summed E-state index contributed by atoms with van der Waals surface area (Å²) in [5, 5.41) is 12.9. The summed E-state index contributed by atoms with van der Waals surface area (Å²) in [6.07, 6.45) is 0. The van der Waals surface area contributed by atoms with Gasteiger partial charge in [0.05, 0.1) is 6.61 Å². The fraction of sp³-hybridized carbons (Fsp3) is 0.200. The van der Waals surface area contributed by atoms with E-state index in [1.54, 1.807) is 18.2 Å². The number of rotatable bonds is 5. The standard InChI is InChI=1S/C15H15F2NO2/c1-2-20-14-5-3-4-10(15(14)19)9-18-13-7-11(16)6-12(17)8-13/h3-8,18-19H,2,9H2,1H3. The highest BCUT2D eigenvalue weighted by Crippen LogP contribution is 2.30. The van der Waals surface area contributed by atoms with Crippen LogP contribution in [0.25, 0.3) is 0 Å². The highest BCUT2D eigenvalue weighted by molar-refractivity contribution is 5.49. The van der Waals surface area contributed by atoms with Gasteiger partial charge in [-0.25, -0.2) is 8.78 Å². The molecule has 0 saturated heterocycles. The van der Waals surface area contributed by atoms with Crippen LogP contribution < -0.4 is 10.1 Å². The van der Waals surface area contributed by atoms with E-state index in [1.165, 1.54) is 12.1 Å². The molecule has 0 bridgehead atoms. The van der Waals surface area contributed by atoms with Crippen molar-refractivity contribution in [3.63, 3.8) is 0 Å². The first kappa shape index (κ1) is 14.1. The van der Waals surface area contributed by atoms with E-state index in [9.17, 15) is 13.9 Å². The summed E-state index contributed by atoms with van der Waals surface area (Å²) in [6, 6.07) is 8.29. The van der Waals surface area contributed by atoms with Crippen molar-refractivity contribution in [1.29, 1.82) is 0 Å². The molecule has 0 unspecified atom stereocenters. The molecule has 20 heavy (non-hydrogen) atoms. The fourth-order valence-corrected chi connectivity index (χ4v) is 1.84. The lowest BCUT2D eigenvalue weighted by atomic mass is 10.1. The van der Waals surface area contributed by atoms with E-state index < -0.39 is 11.6 Å². The highest BCUT2D eigenvalue weighted by Gasteiger charge is 2.08. The zero-order valence-corrected chi connectivity index (χ0v) is 11.0. The molecule has 3 nitrogen and oxygen atoms in total. The van der Waals surface area contributed by atoms with Gasteiger partial charge in [-0.15, -0.1) is 0 Å². The van der Waals surface area contributed by atoms with Gasteiger partial charge in [-0.2, -0.15) is 0 Å². The number of phenols is 1. The molecule has 0 aliphatic rings. The Labute approximate surface area is 115 Å². The van der Waals surface area contributed by atoms with E-state index in [-0.39, 0.29) is 12.3 Å². The number of halogens is 2. The monoisotopic (exact) mass is 279 g/mol. The van der Waals surface area contributed by atoms with Crippen molar-refractivity contribution in [3.8, 4) is 11.5 Å². The van der Waals surface area contributed by atoms with Crippen LogP contribution in [0.3, 0.4) is 0 Å². The Morgan fingerprint density at radius 1 is 1.15 bits per heavy atom. The van der Waals surface area contributed by atoms with E-state index >= 15 is 0 Å². The quantitative estimate of drug-likeness (QED) is 0.877. The third-order valence-corrected chi connectivity index (χ3v) is 2.73. The number of hydrogen-bond acceptors (Lipinski definition) is 3. The molecule has 0 aliphatic carbocycles. The molecule has 0 saturated carbocycles. The molecule has 2 rings (SSSR count). The number of benzene rings is 2. The predicted octanol–water partition coefficient (Wildman–Crippen LogP) is 3.68. The summed E-state index contributed by atoms with van der Waals surface area (Å²) in [7, 11) is 0. The van der Waals surface area contributed by atoms with Gasteiger partial charge < -0.3 is 15.2 Å². The molecule has 0 fully saturated rings. The molecule has 2 aromatic rings. The molecule has 106 valence electrons. The second-order valence-corrected chi connectivity index (χ2v) is 4.21. The second-order valence-electron chi connectivity index (χ2n) is 4.21. The minimum absolute atomic E-state index is 0.0266. The largest absolute Gasteiger partial charge is 0.504 e. The van der Waals surface area contributed by atoms with Crippen molar-refractivity contribution >= 4 is 5.69 Å². The summed E-state index contributed by atoms with van der Waals surface area (Å²) in [6.45, 7) is 2.50. The van der Waals surface area contributed by atoms with Crippen LogP contribution >= 0.6 is 0 Å². The lowest BCUT2D eigenvalue weighted by molar-refractivity contribution is 0.317. The summed E-state index contributed by atoms with van der Waals surface area (Å²) < 4.78 is 31.4. The Kier molecular flexibility index (Phi) is 4.40. The molecule has 0 amide bonds. The Bertz CT molecular complexity index is 582. The summed E-state index contributed by atoms with van der Waals surface area (Å²) in [5.41, 5.74) is 0.893. The molecule has 2 N–H and O–H groups in total. The van der Waals surface area contributed by atoms with Crippen molar-refractivity contribution in [3.05, 3.63) is 53.6 Å². The molecule has 2 aromatic carbocycles. The molecular formula is C15H15F2NO2. The van der Waals surface area contributed by atoms with E-state index in [1.807, 2.05) is 6.92 Å². The lowest BCUT2D eigenvalue weighted by Gasteiger charge is -2.11. The average Bonchev–Trinajstić information content (AvgIpc) is 2.39. The topological polar surface area (TPSA) is 41.5 Å². The number of aromatic hydroxyl groups is 1. The van der Waals surface area contributed by atoms with Gasteiger partial charge in [-0.3, -0.25) is 0 Å². The van der Waals surface area contributed by atoms with Crippen molar-refractivity contribution in [2.24, 2.45) is 0 Å². The van der Waals surface area contributed by atoms with Gasteiger partial charge >= 0.3 is 0 Å². The van der Waals surface area contributed by atoms with Gasteiger partial charge in [0.1, 0.15) is 11.6 Å². The molecular weight excluding hydrogens is 264 g/mol. The zero-order chi connectivity index (χ0) is 14.5. The van der Waals surface area contributed by atoms with Crippen LogP contribution in [0, 0.1) is 11.6 Å². The second kappa shape index (κ2) is 6.23. The van der Waals surface area contributed by atoms with Gasteiger partial charge in [0.25, 0.3) is 0 Å². The molecule has 0 radical (unpaired) electrons. The Morgan fingerprint density at radius 2 is 1.85 bits per heavy atom. The lowest BCUT2D eigenvalue weighted by Crippen LogP contribution is -2.02. The first-order valence-electron chi connectivity index (χ1n) is 6.23. The van der Waals surface area contributed by atoms with Gasteiger partial charge in [-0.05, 0) is 25.1 Å². The maximum atomic E-state index is 13.0.